The molecule has 9 heterocycles. The summed E-state index contributed by atoms with van der Waals surface area (Å²) in [5, 5.41) is 51.4. The number of carbonyl (C=O) groups is 8. The molecule has 684 valence electrons. The molecule has 4 aromatic heterocycles. The van der Waals surface area contributed by atoms with Crippen LogP contribution in [0.15, 0.2) is 59.3 Å². The van der Waals surface area contributed by atoms with Gasteiger partial charge >= 0.3 is 24.0 Å². The van der Waals surface area contributed by atoms with Gasteiger partial charge in [0.25, 0.3) is 0 Å². The van der Waals surface area contributed by atoms with E-state index in [0.29, 0.717) is 125 Å². The first kappa shape index (κ1) is 94.6. The summed E-state index contributed by atoms with van der Waals surface area (Å²) in [5.41, 5.74) is -0.395. The highest BCUT2D eigenvalue weighted by atomic mass is 32.2. The Balaban J connectivity index is 0.000000228. The third-order valence-electron chi connectivity index (χ3n) is 24.9. The summed E-state index contributed by atoms with van der Waals surface area (Å²) >= 11 is 2.90. The second kappa shape index (κ2) is 39.4. The summed E-state index contributed by atoms with van der Waals surface area (Å²) in [6, 6.07) is 8.01. The Bertz CT molecular complexity index is 5170. The quantitative estimate of drug-likeness (QED) is 0.0285. The van der Waals surface area contributed by atoms with Gasteiger partial charge in [-0.15, -0.1) is 22.7 Å². The number of sulfonamides is 2. The molecular weight excluding hydrogens is 1690 g/mol. The number of pyridine rings is 2. The summed E-state index contributed by atoms with van der Waals surface area (Å²) in [6.45, 7) is 19.9. The lowest BCUT2D eigenvalue weighted by atomic mass is 9.86. The summed E-state index contributed by atoms with van der Waals surface area (Å²) in [6.07, 6.45) is 10.8. The van der Waals surface area contributed by atoms with Gasteiger partial charge < -0.3 is 81.5 Å². The lowest BCUT2D eigenvalue weighted by Crippen LogP contribution is -2.59. The van der Waals surface area contributed by atoms with Crippen molar-refractivity contribution < 1.29 is 84.4 Å². The molecule has 2 saturated carbocycles. The fourth-order valence-electron chi connectivity index (χ4n) is 17.2. The molecule has 2 unspecified atom stereocenters. The first-order chi connectivity index (χ1) is 59.0. The van der Waals surface area contributed by atoms with Gasteiger partial charge in [-0.25, -0.2) is 60.3 Å². The maximum Gasteiger partial charge on any atom is 0.329 e. The Kier molecular flexibility index (Phi) is 29.8. The lowest BCUT2D eigenvalue weighted by Gasteiger charge is -2.35. The highest BCUT2D eigenvalue weighted by Gasteiger charge is 2.63. The summed E-state index contributed by atoms with van der Waals surface area (Å²) in [5.74, 6) is -2.66. The molecule has 34 nitrogen and oxygen atoms in total. The van der Waals surface area contributed by atoms with Crippen molar-refractivity contribution in [3.05, 3.63) is 59.3 Å². The number of hydrogen-bond acceptors (Lipinski definition) is 24. The number of thiazole rings is 2. The van der Waals surface area contributed by atoms with Crippen LogP contribution in [0.5, 0.6) is 23.0 Å². The maximum absolute atomic E-state index is 14.9. The van der Waals surface area contributed by atoms with E-state index in [2.05, 4.69) is 42.5 Å². The molecule has 2 aromatic carbocycles. The van der Waals surface area contributed by atoms with Gasteiger partial charge in [-0.1, -0.05) is 106 Å². The first-order valence-electron chi connectivity index (χ1n) is 43.6. The minimum absolute atomic E-state index is 0.00469. The molecule has 7 fully saturated rings. The molecule has 8 amide bonds. The predicted molar refractivity (Wildman–Crippen MR) is 478 cm³/mol. The number of hydrogen-bond donors (Lipinski definition) is 10. The zero-order valence-corrected chi connectivity index (χ0v) is 77.3. The van der Waals surface area contributed by atoms with Crippen LogP contribution in [0.3, 0.4) is 0 Å². The molecule has 13 rings (SSSR count). The Hall–Kier alpha value is -9.50. The molecule has 0 bridgehead atoms. The summed E-state index contributed by atoms with van der Waals surface area (Å²) < 4.78 is 77.2. The van der Waals surface area contributed by atoms with E-state index in [-0.39, 0.29) is 75.1 Å². The Morgan fingerprint density at radius 2 is 1.00 bits per heavy atom. The summed E-state index contributed by atoms with van der Waals surface area (Å²) in [4.78, 5) is 134. The van der Waals surface area contributed by atoms with Crippen molar-refractivity contribution in [1.82, 2.24) is 70.2 Å². The third kappa shape index (κ3) is 23.3. The smallest absolute Gasteiger partial charge is 0.329 e. The molecule has 0 spiro atoms. The van der Waals surface area contributed by atoms with Crippen LogP contribution in [0.2, 0.25) is 0 Å². The average Bonchev–Trinajstić information content (AvgIpc) is 1.57. The van der Waals surface area contributed by atoms with Crippen LogP contribution in [0, 0.1) is 22.7 Å². The number of carboxylic acids is 2. The van der Waals surface area contributed by atoms with E-state index in [1.807, 2.05) is 92.1 Å². The van der Waals surface area contributed by atoms with Crippen LogP contribution in [-0.2, 0) is 48.8 Å². The Labute approximate surface area is 739 Å². The highest BCUT2D eigenvalue weighted by molar-refractivity contribution is 7.89. The Morgan fingerprint density at radius 3 is 1.38 bits per heavy atom. The van der Waals surface area contributed by atoms with Crippen LogP contribution in [0.1, 0.15) is 191 Å². The minimum Gasteiger partial charge on any atom is -0.497 e. The number of nitrogens with one attached hydrogen (secondary N) is 8. The number of benzene rings is 2. The van der Waals surface area contributed by atoms with Crippen molar-refractivity contribution in [2.75, 3.05) is 76.6 Å². The number of carboxylic acid groups (broad SMARTS) is 2. The number of aromatic nitrogens is 4. The second-order valence-corrected chi connectivity index (χ2v) is 43.1. The number of fused-ring (bicyclic) bond motifs is 6. The largest absolute Gasteiger partial charge is 0.497 e. The lowest BCUT2D eigenvalue weighted by molar-refractivity contribution is -0.146. The van der Waals surface area contributed by atoms with Crippen molar-refractivity contribution in [2.24, 2.45) is 22.7 Å². The number of anilines is 2. The summed E-state index contributed by atoms with van der Waals surface area (Å²) in [7, 11) is -2.40. The van der Waals surface area contributed by atoms with Gasteiger partial charge in [-0.05, 0) is 120 Å². The van der Waals surface area contributed by atoms with E-state index >= 15 is 0 Å². The fourth-order valence-corrected chi connectivity index (χ4v) is 20.9. The van der Waals surface area contributed by atoms with Gasteiger partial charge in [-0.3, -0.25) is 19.2 Å². The van der Waals surface area contributed by atoms with Crippen molar-refractivity contribution in [3.63, 3.8) is 0 Å². The van der Waals surface area contributed by atoms with Crippen molar-refractivity contribution in [2.45, 2.75) is 263 Å². The van der Waals surface area contributed by atoms with Gasteiger partial charge in [-0.2, -0.15) is 4.31 Å². The number of nitrogens with zero attached hydrogens (tertiary/aromatic N) is 8. The number of carbonyl (C=O) groups excluding carboxylic acids is 6. The van der Waals surface area contributed by atoms with Crippen molar-refractivity contribution >= 4 is 122 Å². The molecule has 6 aromatic rings. The molecule has 5 saturated heterocycles. The number of ether oxygens (including phenoxy) is 4. The van der Waals surface area contributed by atoms with Crippen molar-refractivity contribution in [3.8, 4) is 45.8 Å². The predicted octanol–water partition coefficient (Wildman–Crippen LogP) is 10.6. The van der Waals surface area contributed by atoms with E-state index in [4.69, 9.17) is 38.9 Å². The molecule has 10 N–H and O–H groups in total. The monoisotopic (exact) mass is 1810 g/mol. The molecule has 12 atom stereocenters. The number of aliphatic carboxylic acids is 2. The van der Waals surface area contributed by atoms with E-state index in [0.717, 1.165) is 67.9 Å². The highest BCUT2D eigenvalue weighted by Crippen LogP contribution is 2.50. The molecular formula is C87H124N16O18S4. The normalized spacial score (nSPS) is 25.3. The van der Waals surface area contributed by atoms with E-state index < -0.39 is 138 Å². The molecule has 38 heteroatoms. The van der Waals surface area contributed by atoms with Gasteiger partial charge in [0.1, 0.15) is 81.8 Å². The minimum atomic E-state index is -3.55. The molecule has 5 aliphatic heterocycles. The standard InChI is InChI=1S/C44H62N8O9S2.C43H62N8O9S2/c1-26(2)45-42-48-34(25-62-42)33-21-36(30-16-15-28(60-6)19-32(30)46-33)61-29-20-35-38(53)50-44(40(55)56)22-27(44)13-10-8-7-9-11-14-31(39(54)52(35)23-29)47-41(57)49-37(43(3,4)5)24-51-17-12-18-63(51,58)59;1-25(2)44-41-47-33(24-61-41)32-20-35(29-17-16-27(59-7)18-31(29)45-32)60-28-19-34-37(52)49-43(39(54)55)21-26(43)14-12-10-9-11-13-15-30(38(53)51(34)22-28)46-40(56)48-36(42(3,4)5)23-50(6)62(8,57)58/h15-16,19,21,25-27,29,31,35,37H,7-14,17-18,20,22-24H2,1-6H3,(H,45,48)(H,50,53)(H,55,56)(H2,47,49,57);16-18,20,24-26,28,30,34,36H,9-15,19,21-23H2,1-8H3,(H,44,47)(H,49,52)(H,54,55)(H2,46,48,56)/t27?,29-,31+,35+,37-,44-;26?,28-,30+,34+,36-,43-/m11/s1. The van der Waals surface area contributed by atoms with E-state index in [9.17, 15) is 65.4 Å². The Morgan fingerprint density at radius 1 is 0.592 bits per heavy atom. The SMILES string of the molecule is COc1ccc2c(O[C@@H]3C[C@H]4C(=O)N[C@]5(C(=O)O)CC5CCCCCCC[C@H](NC(=O)N[C@H](CN(C)S(C)(=O)=O)C(C)(C)C)C(=O)N4C3)cc(-c3csc(NC(C)C)n3)nc2c1.COc1ccc2c(O[C@@H]3C[C@H]4C(=O)N[C@]5(C(=O)O)CC5CCCCCCC[C@H](NC(=O)N[C@H](CN5CCCS5(=O)=O)C(C)(C)C)C(=O)N4C3)cc(-c3csc(NC(C)C)n3)nc2c1. The molecule has 7 aliphatic rings. The number of methoxy groups -OCH3 is 2. The number of likely N-dealkylation sites (N-methyl/N-ethyl adjacent to an activating group) is 1. The van der Waals surface area contributed by atoms with Gasteiger partial charge in [0.15, 0.2) is 10.3 Å². The zero-order chi connectivity index (χ0) is 90.4. The van der Waals surface area contributed by atoms with Crippen LogP contribution >= 0.6 is 22.7 Å². The van der Waals surface area contributed by atoms with E-state index in [1.165, 1.54) is 48.1 Å². The van der Waals surface area contributed by atoms with Crippen LogP contribution in [-0.4, -0.2) is 251 Å². The average molecular weight is 1810 g/mol. The second-order valence-electron chi connectivity index (χ2n) is 37.2. The van der Waals surface area contributed by atoms with Gasteiger partial charge in [0.2, 0.25) is 43.7 Å². The van der Waals surface area contributed by atoms with Crippen LogP contribution in [0.25, 0.3) is 44.6 Å². The molecule has 0 radical (unpaired) electrons. The molecule has 125 heavy (non-hydrogen) atoms. The number of amides is 8. The number of urea groups is 2. The third-order valence-corrected chi connectivity index (χ3v) is 29.6. The first-order valence-corrected chi connectivity index (χ1v) is 48.8. The topological polar surface area (TPSA) is 443 Å². The van der Waals surface area contributed by atoms with E-state index in [1.54, 1.807) is 50.6 Å². The fraction of sp³-hybridized carbons (Fsp3) is 0.632. The number of rotatable bonds is 23. The van der Waals surface area contributed by atoms with Gasteiger partial charge in [0, 0.05) is 109 Å². The zero-order valence-electron chi connectivity index (χ0n) is 74.0. The van der Waals surface area contributed by atoms with Crippen molar-refractivity contribution in [1.29, 1.82) is 0 Å². The van der Waals surface area contributed by atoms with Crippen LogP contribution in [0.4, 0.5) is 19.9 Å². The molecule has 2 aliphatic carbocycles. The van der Waals surface area contributed by atoms with Gasteiger partial charge in [0.05, 0.1) is 61.7 Å². The maximum atomic E-state index is 14.9. The van der Waals surface area contributed by atoms with Crippen LogP contribution < -0.4 is 61.5 Å².